The summed E-state index contributed by atoms with van der Waals surface area (Å²) in [6.07, 6.45) is 1.29. The molecule has 14 heavy (non-hydrogen) atoms. The molecule has 1 heteroatoms. The van der Waals surface area contributed by atoms with Crippen molar-refractivity contribution in [3.63, 3.8) is 0 Å². The Morgan fingerprint density at radius 3 is 2.21 bits per heavy atom. The first-order valence-electron chi connectivity index (χ1n) is 5.58. The minimum absolute atomic E-state index is 0.757. The highest BCUT2D eigenvalue weighted by Gasteiger charge is 2.36. The van der Waals surface area contributed by atoms with Gasteiger partial charge in [-0.3, -0.25) is 0 Å². The minimum Gasteiger partial charge on any atom is -0.330 e. The van der Waals surface area contributed by atoms with Gasteiger partial charge in [0, 0.05) is 0 Å². The van der Waals surface area contributed by atoms with Crippen molar-refractivity contribution in [2.24, 2.45) is 11.7 Å². The molecule has 78 valence electrons. The zero-order chi connectivity index (χ0) is 10.6. The smallest absolute Gasteiger partial charge is 0.00428 e. The first-order chi connectivity index (χ1) is 6.81. The summed E-state index contributed by atoms with van der Waals surface area (Å²) in [6.45, 7) is 6.97. The number of hydrogen-bond acceptors (Lipinski definition) is 1. The Bertz CT molecular complexity index is 263. The standard InChI is InChI=1S/C11H15N.C2H6/c1-8-2-4-9(5-3-8)11-6-10(11)7-12;1-2/h2-5,10-11H,6-7,12H2,1H3;1-2H3. The molecule has 0 aromatic heterocycles. The van der Waals surface area contributed by atoms with Crippen LogP contribution in [-0.2, 0) is 0 Å². The molecular weight excluding hydrogens is 170 g/mol. The fourth-order valence-electron chi connectivity index (χ4n) is 1.73. The predicted octanol–water partition coefficient (Wildman–Crippen LogP) is 3.08. The van der Waals surface area contributed by atoms with Gasteiger partial charge in [-0.1, -0.05) is 43.7 Å². The molecule has 1 fully saturated rings. The zero-order valence-electron chi connectivity index (χ0n) is 9.46. The molecule has 1 aliphatic rings. The van der Waals surface area contributed by atoms with Crippen LogP contribution in [0.5, 0.6) is 0 Å². The zero-order valence-corrected chi connectivity index (χ0v) is 9.46. The molecule has 0 saturated heterocycles. The second-order valence-corrected chi connectivity index (χ2v) is 3.75. The van der Waals surface area contributed by atoms with Crippen molar-refractivity contribution in [3.05, 3.63) is 35.4 Å². The van der Waals surface area contributed by atoms with Crippen molar-refractivity contribution >= 4 is 0 Å². The lowest BCUT2D eigenvalue weighted by Gasteiger charge is -1.99. The van der Waals surface area contributed by atoms with Crippen LogP contribution in [0, 0.1) is 12.8 Å². The third-order valence-electron chi connectivity index (χ3n) is 2.73. The average molecular weight is 191 g/mol. The Kier molecular flexibility index (Phi) is 4.15. The number of hydrogen-bond donors (Lipinski definition) is 1. The van der Waals surface area contributed by atoms with E-state index in [1.165, 1.54) is 17.5 Å². The van der Waals surface area contributed by atoms with Crippen LogP contribution in [0.2, 0.25) is 0 Å². The monoisotopic (exact) mass is 191 g/mol. The van der Waals surface area contributed by atoms with Crippen LogP contribution >= 0.6 is 0 Å². The van der Waals surface area contributed by atoms with Crippen molar-refractivity contribution in [1.82, 2.24) is 0 Å². The quantitative estimate of drug-likeness (QED) is 0.764. The van der Waals surface area contributed by atoms with Gasteiger partial charge >= 0.3 is 0 Å². The van der Waals surface area contributed by atoms with Crippen molar-refractivity contribution in [2.75, 3.05) is 6.54 Å². The van der Waals surface area contributed by atoms with E-state index in [4.69, 9.17) is 5.73 Å². The van der Waals surface area contributed by atoms with Crippen molar-refractivity contribution < 1.29 is 0 Å². The Morgan fingerprint density at radius 1 is 1.21 bits per heavy atom. The highest BCUT2D eigenvalue weighted by Crippen LogP contribution is 2.46. The molecule has 1 saturated carbocycles. The molecule has 1 aliphatic carbocycles. The normalized spacial score (nSPS) is 23.7. The first-order valence-corrected chi connectivity index (χ1v) is 5.58. The van der Waals surface area contributed by atoms with Crippen molar-refractivity contribution in [1.29, 1.82) is 0 Å². The van der Waals surface area contributed by atoms with E-state index in [1.54, 1.807) is 0 Å². The molecule has 1 aromatic rings. The van der Waals surface area contributed by atoms with Gasteiger partial charge in [-0.05, 0) is 37.3 Å². The Hall–Kier alpha value is -0.820. The molecular formula is C13H21N. The van der Waals surface area contributed by atoms with Crippen LogP contribution < -0.4 is 5.73 Å². The van der Waals surface area contributed by atoms with Gasteiger partial charge in [0.15, 0.2) is 0 Å². The molecule has 2 rings (SSSR count). The predicted molar refractivity (Wildman–Crippen MR) is 62.4 cm³/mol. The van der Waals surface area contributed by atoms with Crippen LogP contribution in [0.1, 0.15) is 37.3 Å². The summed E-state index contributed by atoms with van der Waals surface area (Å²) < 4.78 is 0. The minimum atomic E-state index is 0.757. The van der Waals surface area contributed by atoms with Crippen LogP contribution in [0.15, 0.2) is 24.3 Å². The maximum atomic E-state index is 5.59. The molecule has 2 atom stereocenters. The Balaban J connectivity index is 0.000000461. The molecule has 2 unspecified atom stereocenters. The topological polar surface area (TPSA) is 26.0 Å². The summed E-state index contributed by atoms with van der Waals surface area (Å²) in [5, 5.41) is 0. The number of rotatable bonds is 2. The first kappa shape index (κ1) is 11.3. The third-order valence-corrected chi connectivity index (χ3v) is 2.73. The van der Waals surface area contributed by atoms with Gasteiger partial charge in [-0.25, -0.2) is 0 Å². The van der Waals surface area contributed by atoms with Crippen LogP contribution in [0.3, 0.4) is 0 Å². The summed E-state index contributed by atoms with van der Waals surface area (Å²) in [4.78, 5) is 0. The van der Waals surface area contributed by atoms with Crippen molar-refractivity contribution in [3.8, 4) is 0 Å². The summed E-state index contributed by atoms with van der Waals surface area (Å²) in [7, 11) is 0. The van der Waals surface area contributed by atoms with E-state index in [9.17, 15) is 0 Å². The molecule has 0 heterocycles. The summed E-state index contributed by atoms with van der Waals surface area (Å²) >= 11 is 0. The Morgan fingerprint density at radius 2 is 1.79 bits per heavy atom. The third kappa shape index (κ3) is 2.58. The van der Waals surface area contributed by atoms with Gasteiger partial charge in [-0.15, -0.1) is 0 Å². The van der Waals surface area contributed by atoms with Gasteiger partial charge < -0.3 is 5.73 Å². The number of benzene rings is 1. The Labute approximate surface area is 87.3 Å². The van der Waals surface area contributed by atoms with Gasteiger partial charge in [0.05, 0.1) is 0 Å². The van der Waals surface area contributed by atoms with Gasteiger partial charge in [-0.2, -0.15) is 0 Å². The maximum Gasteiger partial charge on any atom is -0.00428 e. The fourth-order valence-corrected chi connectivity index (χ4v) is 1.73. The summed E-state index contributed by atoms with van der Waals surface area (Å²) in [6, 6.07) is 8.83. The molecule has 0 spiro atoms. The fraction of sp³-hybridized carbons (Fsp3) is 0.538. The SMILES string of the molecule is CC.Cc1ccc(C2CC2CN)cc1. The molecule has 1 aromatic carbocycles. The van der Waals surface area contributed by atoms with Gasteiger partial charge in [0.2, 0.25) is 0 Å². The molecule has 0 amide bonds. The highest BCUT2D eigenvalue weighted by atomic mass is 14.6. The average Bonchev–Trinajstić information content (AvgIpc) is 3.01. The molecule has 0 bridgehead atoms. The molecule has 2 N–H and O–H groups in total. The molecule has 0 radical (unpaired) electrons. The number of aryl methyl sites for hydroxylation is 1. The van der Waals surface area contributed by atoms with Crippen molar-refractivity contribution in [2.45, 2.75) is 33.1 Å². The van der Waals surface area contributed by atoms with E-state index in [1.807, 2.05) is 13.8 Å². The lowest BCUT2D eigenvalue weighted by atomic mass is 10.1. The van der Waals surface area contributed by atoms with E-state index in [0.717, 1.165) is 18.4 Å². The second kappa shape index (κ2) is 5.16. The lowest BCUT2D eigenvalue weighted by molar-refractivity contribution is 0.809. The highest BCUT2D eigenvalue weighted by molar-refractivity contribution is 5.28. The maximum absolute atomic E-state index is 5.59. The van der Waals surface area contributed by atoms with Crippen LogP contribution in [0.4, 0.5) is 0 Å². The molecule has 1 nitrogen and oxygen atoms in total. The van der Waals surface area contributed by atoms with E-state index >= 15 is 0 Å². The van der Waals surface area contributed by atoms with E-state index in [0.29, 0.717) is 0 Å². The van der Waals surface area contributed by atoms with Gasteiger partial charge in [0.1, 0.15) is 0 Å². The largest absolute Gasteiger partial charge is 0.330 e. The summed E-state index contributed by atoms with van der Waals surface area (Å²) in [5.41, 5.74) is 8.40. The van der Waals surface area contributed by atoms with Gasteiger partial charge in [0.25, 0.3) is 0 Å². The number of nitrogens with two attached hydrogens (primary N) is 1. The second-order valence-electron chi connectivity index (χ2n) is 3.75. The molecule has 0 aliphatic heterocycles. The van der Waals surface area contributed by atoms with Crippen LogP contribution in [-0.4, -0.2) is 6.54 Å². The lowest BCUT2D eigenvalue weighted by Crippen LogP contribution is -2.01. The van der Waals surface area contributed by atoms with Crippen LogP contribution in [0.25, 0.3) is 0 Å². The van der Waals surface area contributed by atoms with E-state index < -0.39 is 0 Å². The van der Waals surface area contributed by atoms with E-state index in [-0.39, 0.29) is 0 Å². The summed E-state index contributed by atoms with van der Waals surface area (Å²) in [5.74, 6) is 1.52. The van der Waals surface area contributed by atoms with E-state index in [2.05, 4.69) is 31.2 Å².